The van der Waals surface area contributed by atoms with Crippen LogP contribution in [-0.2, 0) is 4.79 Å². The topological polar surface area (TPSA) is 66.0 Å². The lowest BCUT2D eigenvalue weighted by Gasteiger charge is -2.22. The summed E-state index contributed by atoms with van der Waals surface area (Å²) in [4.78, 5) is 18.5. The molecule has 5 nitrogen and oxygen atoms in total. The molecule has 1 aliphatic carbocycles. The van der Waals surface area contributed by atoms with E-state index in [1.54, 1.807) is 23.3 Å². The van der Waals surface area contributed by atoms with Crippen molar-refractivity contribution in [3.8, 4) is 21.0 Å². The van der Waals surface area contributed by atoms with Crippen molar-refractivity contribution >= 4 is 40.6 Å². The van der Waals surface area contributed by atoms with E-state index in [0.29, 0.717) is 6.04 Å². The molecule has 3 N–H and O–H groups in total. The van der Waals surface area contributed by atoms with Gasteiger partial charge < -0.3 is 10.6 Å². The van der Waals surface area contributed by atoms with Gasteiger partial charge in [0.05, 0.1) is 4.88 Å². The standard InChI is InChI=1S/C24H28N4OS2/c1-16(29)27-20-12-13-21(22(14-20)31-28-19-6-4-3-5-7-19)23-15-26-24(30-23)17-8-10-18(25-2)11-9-17/h8-15,19,25,28H,3-7H2,1-2H3,(H,27,29). The molecular formula is C24H28N4OS2. The summed E-state index contributed by atoms with van der Waals surface area (Å²) in [6.45, 7) is 1.54. The molecule has 0 atom stereocenters. The number of carbonyl (C=O) groups excluding carboxylic acids is 1. The lowest BCUT2D eigenvalue weighted by molar-refractivity contribution is -0.114. The maximum absolute atomic E-state index is 11.5. The molecule has 0 aliphatic heterocycles. The minimum Gasteiger partial charge on any atom is -0.388 e. The molecule has 1 aliphatic rings. The number of nitrogens with one attached hydrogen (secondary N) is 3. The molecule has 0 bridgehead atoms. The number of nitrogens with zero attached hydrogens (tertiary/aromatic N) is 1. The van der Waals surface area contributed by atoms with Gasteiger partial charge >= 0.3 is 0 Å². The predicted octanol–water partition coefficient (Wildman–Crippen LogP) is 6.41. The Kier molecular flexibility index (Phi) is 7.27. The summed E-state index contributed by atoms with van der Waals surface area (Å²) < 4.78 is 3.66. The molecule has 4 rings (SSSR count). The molecule has 1 saturated carbocycles. The lowest BCUT2D eigenvalue weighted by atomic mass is 9.96. The van der Waals surface area contributed by atoms with Crippen molar-refractivity contribution in [2.24, 2.45) is 0 Å². The third kappa shape index (κ3) is 5.67. The number of anilines is 2. The summed E-state index contributed by atoms with van der Waals surface area (Å²) in [6.07, 6.45) is 8.32. The Bertz CT molecular complexity index is 1030. The molecule has 1 fully saturated rings. The zero-order chi connectivity index (χ0) is 21.6. The molecule has 162 valence electrons. The van der Waals surface area contributed by atoms with E-state index in [0.717, 1.165) is 37.3 Å². The van der Waals surface area contributed by atoms with E-state index in [-0.39, 0.29) is 5.91 Å². The van der Waals surface area contributed by atoms with Gasteiger partial charge in [0, 0.05) is 53.6 Å². The van der Waals surface area contributed by atoms with Crippen molar-refractivity contribution in [1.29, 1.82) is 0 Å². The zero-order valence-corrected chi connectivity index (χ0v) is 19.5. The quantitative estimate of drug-likeness (QED) is 0.362. The van der Waals surface area contributed by atoms with Gasteiger partial charge in [0.1, 0.15) is 5.01 Å². The number of carbonyl (C=O) groups is 1. The van der Waals surface area contributed by atoms with Crippen molar-refractivity contribution in [3.05, 3.63) is 48.7 Å². The Balaban J connectivity index is 1.59. The summed E-state index contributed by atoms with van der Waals surface area (Å²) in [7, 11) is 1.92. The zero-order valence-electron chi connectivity index (χ0n) is 17.9. The average Bonchev–Trinajstić information content (AvgIpc) is 3.28. The van der Waals surface area contributed by atoms with Gasteiger partial charge in [-0.3, -0.25) is 9.52 Å². The molecule has 1 amide bonds. The van der Waals surface area contributed by atoms with Crippen molar-refractivity contribution in [2.75, 3.05) is 17.7 Å². The minimum atomic E-state index is -0.0611. The molecule has 1 heterocycles. The number of amides is 1. The molecule has 2 aromatic carbocycles. The molecular weight excluding hydrogens is 424 g/mol. The van der Waals surface area contributed by atoms with Gasteiger partial charge in [-0.25, -0.2) is 4.98 Å². The van der Waals surface area contributed by atoms with E-state index >= 15 is 0 Å². The molecule has 7 heteroatoms. The number of aromatic nitrogens is 1. The van der Waals surface area contributed by atoms with Crippen LogP contribution in [0.2, 0.25) is 0 Å². The van der Waals surface area contributed by atoms with E-state index in [4.69, 9.17) is 0 Å². The van der Waals surface area contributed by atoms with Crippen molar-refractivity contribution in [3.63, 3.8) is 0 Å². The van der Waals surface area contributed by atoms with E-state index in [1.165, 1.54) is 39.0 Å². The number of rotatable bonds is 7. The number of hydrogen-bond acceptors (Lipinski definition) is 6. The fourth-order valence-electron chi connectivity index (χ4n) is 3.77. The Hall–Kier alpha value is -2.35. The summed E-state index contributed by atoms with van der Waals surface area (Å²) in [5, 5.41) is 7.05. The highest BCUT2D eigenvalue weighted by Gasteiger charge is 2.16. The summed E-state index contributed by atoms with van der Waals surface area (Å²) in [5.41, 5.74) is 4.15. The van der Waals surface area contributed by atoms with Gasteiger partial charge in [-0.2, -0.15) is 0 Å². The first-order valence-electron chi connectivity index (χ1n) is 10.7. The summed E-state index contributed by atoms with van der Waals surface area (Å²) in [6, 6.07) is 14.9. The van der Waals surface area contributed by atoms with E-state index in [9.17, 15) is 4.79 Å². The van der Waals surface area contributed by atoms with Crippen molar-refractivity contribution < 1.29 is 4.79 Å². The van der Waals surface area contributed by atoms with E-state index in [2.05, 4.69) is 56.7 Å². The van der Waals surface area contributed by atoms with Crippen LogP contribution in [0.4, 0.5) is 11.4 Å². The van der Waals surface area contributed by atoms with Gasteiger partial charge in [0.25, 0.3) is 0 Å². The van der Waals surface area contributed by atoms with Crippen LogP contribution in [0.1, 0.15) is 39.0 Å². The van der Waals surface area contributed by atoms with Crippen molar-refractivity contribution in [1.82, 2.24) is 9.71 Å². The number of hydrogen-bond donors (Lipinski definition) is 3. The van der Waals surface area contributed by atoms with Gasteiger partial charge in [-0.05, 0) is 61.2 Å². The van der Waals surface area contributed by atoms with Gasteiger partial charge in [-0.1, -0.05) is 25.3 Å². The largest absolute Gasteiger partial charge is 0.388 e. The van der Waals surface area contributed by atoms with Crippen LogP contribution in [0.25, 0.3) is 21.0 Å². The lowest BCUT2D eigenvalue weighted by Crippen LogP contribution is -2.25. The van der Waals surface area contributed by atoms with E-state index < -0.39 is 0 Å². The highest BCUT2D eigenvalue weighted by atomic mass is 32.2. The van der Waals surface area contributed by atoms with E-state index in [1.807, 2.05) is 19.3 Å². The Labute approximate surface area is 192 Å². The van der Waals surface area contributed by atoms with Crippen LogP contribution >= 0.6 is 23.3 Å². The number of thiazole rings is 1. The summed E-state index contributed by atoms with van der Waals surface area (Å²) >= 11 is 3.36. The van der Waals surface area contributed by atoms with Crippen LogP contribution in [0, 0.1) is 0 Å². The molecule has 1 aromatic heterocycles. The van der Waals surface area contributed by atoms with Crippen LogP contribution in [0.15, 0.2) is 53.6 Å². The van der Waals surface area contributed by atoms with Crippen LogP contribution < -0.4 is 15.4 Å². The third-order valence-electron chi connectivity index (χ3n) is 5.43. The second-order valence-corrected chi connectivity index (χ2v) is 9.71. The second kappa shape index (κ2) is 10.3. The first-order chi connectivity index (χ1) is 15.1. The smallest absolute Gasteiger partial charge is 0.221 e. The highest BCUT2D eigenvalue weighted by molar-refractivity contribution is 7.97. The number of benzene rings is 2. The fourth-order valence-corrected chi connectivity index (χ4v) is 5.80. The first kappa shape index (κ1) is 21.9. The molecule has 3 aromatic rings. The molecule has 0 spiro atoms. The SMILES string of the molecule is CNc1ccc(-c2ncc(-c3ccc(NC(C)=O)cc3SNC3CCCCC3)s2)cc1. The molecule has 31 heavy (non-hydrogen) atoms. The third-order valence-corrected chi connectivity index (χ3v) is 7.52. The Morgan fingerprint density at radius 2 is 1.81 bits per heavy atom. The maximum atomic E-state index is 11.5. The van der Waals surface area contributed by atoms with Gasteiger partial charge in [0.15, 0.2) is 0 Å². The average molecular weight is 453 g/mol. The Morgan fingerprint density at radius 1 is 1.06 bits per heavy atom. The second-order valence-electron chi connectivity index (χ2n) is 7.80. The maximum Gasteiger partial charge on any atom is 0.221 e. The Morgan fingerprint density at radius 3 is 2.52 bits per heavy atom. The van der Waals surface area contributed by atoms with Crippen LogP contribution in [0.3, 0.4) is 0 Å². The van der Waals surface area contributed by atoms with Gasteiger partial charge in [0.2, 0.25) is 5.91 Å². The first-order valence-corrected chi connectivity index (χ1v) is 12.3. The minimum absolute atomic E-state index is 0.0611. The monoisotopic (exact) mass is 452 g/mol. The van der Waals surface area contributed by atoms with Crippen LogP contribution in [-0.4, -0.2) is 24.0 Å². The van der Waals surface area contributed by atoms with Crippen molar-refractivity contribution in [2.45, 2.75) is 50.0 Å². The molecule has 0 radical (unpaired) electrons. The molecule has 0 saturated heterocycles. The highest BCUT2D eigenvalue weighted by Crippen LogP contribution is 2.38. The van der Waals surface area contributed by atoms with Gasteiger partial charge in [-0.15, -0.1) is 11.3 Å². The summed E-state index contributed by atoms with van der Waals surface area (Å²) in [5.74, 6) is -0.0611. The normalized spacial score (nSPS) is 14.4. The molecule has 0 unspecified atom stereocenters. The van der Waals surface area contributed by atoms with Crippen LogP contribution in [0.5, 0.6) is 0 Å². The fraction of sp³-hybridized carbons (Fsp3) is 0.333. The predicted molar refractivity (Wildman–Crippen MR) is 133 cm³/mol.